The van der Waals surface area contributed by atoms with Gasteiger partial charge < -0.3 is 19.7 Å². The molecule has 8 aliphatic carbocycles. The second kappa shape index (κ2) is 8.86. The molecular weight excluding hydrogens is 472 g/mol. The highest BCUT2D eigenvalue weighted by molar-refractivity contribution is 5.94. The van der Waals surface area contributed by atoms with Crippen molar-refractivity contribution < 1.29 is 19.7 Å². The highest BCUT2D eigenvalue weighted by atomic mass is 16.5. The molecule has 8 fully saturated rings. The molecule has 0 radical (unpaired) electrons. The molecule has 0 atom stereocenters. The molecule has 0 aliphatic heterocycles. The maximum atomic E-state index is 9.77. The third-order valence-corrected chi connectivity index (χ3v) is 12.0. The predicted molar refractivity (Wildman–Crippen MR) is 149 cm³/mol. The van der Waals surface area contributed by atoms with Gasteiger partial charge in [0, 0.05) is 11.0 Å². The van der Waals surface area contributed by atoms with Crippen LogP contribution in [0.2, 0.25) is 0 Å². The second-order valence-corrected chi connectivity index (χ2v) is 14.5. The minimum Gasteiger partial charge on any atom is -0.487 e. The molecule has 0 spiro atoms. The van der Waals surface area contributed by atoms with E-state index in [1.54, 1.807) is 5.56 Å². The van der Waals surface area contributed by atoms with Gasteiger partial charge in [-0.2, -0.15) is 0 Å². The van der Waals surface area contributed by atoms with Crippen molar-refractivity contribution in [3.8, 4) is 11.5 Å². The highest BCUT2D eigenvalue weighted by Crippen LogP contribution is 2.65. The fourth-order valence-electron chi connectivity index (χ4n) is 11.8. The molecule has 4 heteroatoms. The minimum absolute atomic E-state index is 0.00882. The number of hydrogen-bond acceptors (Lipinski definition) is 4. The number of rotatable bonds is 8. The number of ether oxygens (including phenoxy) is 2. The van der Waals surface area contributed by atoms with E-state index in [0.29, 0.717) is 5.41 Å². The first-order valence-corrected chi connectivity index (χ1v) is 15.7. The largest absolute Gasteiger partial charge is 0.487 e. The van der Waals surface area contributed by atoms with Crippen molar-refractivity contribution in [3.63, 3.8) is 0 Å². The molecule has 4 nitrogen and oxygen atoms in total. The van der Waals surface area contributed by atoms with Gasteiger partial charge in [-0.1, -0.05) is 18.2 Å². The Kier molecular flexibility index (Phi) is 5.61. The van der Waals surface area contributed by atoms with E-state index in [2.05, 4.69) is 24.3 Å². The quantitative estimate of drug-likeness (QED) is 0.420. The number of aliphatic hydroxyl groups excluding tert-OH is 2. The first kappa shape index (κ1) is 24.1. The lowest BCUT2D eigenvalue weighted by molar-refractivity contribution is -0.00632. The van der Waals surface area contributed by atoms with Gasteiger partial charge in [-0.25, -0.2) is 0 Å². The molecule has 2 aromatic carbocycles. The van der Waals surface area contributed by atoms with Gasteiger partial charge in [0.15, 0.2) is 11.5 Å². The summed E-state index contributed by atoms with van der Waals surface area (Å²) in [4.78, 5) is 0. The van der Waals surface area contributed by atoms with Crippen LogP contribution >= 0.6 is 0 Å². The van der Waals surface area contributed by atoms with Gasteiger partial charge in [0.2, 0.25) is 0 Å². The maximum Gasteiger partial charge on any atom is 0.165 e. The Morgan fingerprint density at radius 1 is 0.632 bits per heavy atom. The lowest BCUT2D eigenvalue weighted by Gasteiger charge is -2.58. The summed E-state index contributed by atoms with van der Waals surface area (Å²) in [5.41, 5.74) is 3.37. The maximum absolute atomic E-state index is 9.77. The van der Waals surface area contributed by atoms with Gasteiger partial charge >= 0.3 is 0 Å². The van der Waals surface area contributed by atoms with Crippen molar-refractivity contribution in [1.29, 1.82) is 0 Å². The Bertz CT molecular complexity index is 1160. The lowest BCUT2D eigenvalue weighted by Crippen LogP contribution is -2.49. The van der Waals surface area contributed by atoms with Crippen molar-refractivity contribution in [2.24, 2.45) is 35.5 Å². The minimum atomic E-state index is -0.0131. The first-order valence-electron chi connectivity index (χ1n) is 15.7. The topological polar surface area (TPSA) is 58.9 Å². The number of fused-ring (bicyclic) bond motifs is 1. The van der Waals surface area contributed by atoms with Crippen LogP contribution in [0.15, 0.2) is 24.3 Å². The third kappa shape index (κ3) is 3.61. The Labute approximate surface area is 227 Å². The highest BCUT2D eigenvalue weighted by Gasteiger charge is 2.55. The standard InChI is InChI=1S/C34H44O4/c35-4-6-37-30-14-28-27(2-1-3-29(28)33-15-21-8-22(16-33)10-23(9-21)17-33)31(32(30)38-7-5-36)34-18-24-11-25(19-34)13-26(12-24)20-34/h1-3,14,21-26,35-36H,4-13,15-20H2. The van der Waals surface area contributed by atoms with Gasteiger partial charge in [-0.05, 0) is 140 Å². The molecule has 0 heterocycles. The van der Waals surface area contributed by atoms with Crippen LogP contribution in [0.25, 0.3) is 10.8 Å². The van der Waals surface area contributed by atoms with Crippen LogP contribution in [-0.4, -0.2) is 36.6 Å². The fourth-order valence-corrected chi connectivity index (χ4v) is 11.8. The molecule has 0 unspecified atom stereocenters. The molecule has 38 heavy (non-hydrogen) atoms. The second-order valence-electron chi connectivity index (χ2n) is 14.5. The summed E-state index contributed by atoms with van der Waals surface area (Å²) < 4.78 is 12.8. The molecule has 2 N–H and O–H groups in total. The predicted octanol–water partition coefficient (Wildman–Crippen LogP) is 6.52. The summed E-state index contributed by atoms with van der Waals surface area (Å²) in [5.74, 6) is 6.82. The van der Waals surface area contributed by atoms with Crippen molar-refractivity contribution in [2.45, 2.75) is 87.9 Å². The zero-order valence-electron chi connectivity index (χ0n) is 22.8. The molecule has 10 rings (SSSR count). The van der Waals surface area contributed by atoms with E-state index in [4.69, 9.17) is 9.47 Å². The van der Waals surface area contributed by atoms with Gasteiger partial charge in [0.05, 0.1) is 13.2 Å². The summed E-state index contributed by atoms with van der Waals surface area (Å²) in [5, 5.41) is 22.2. The van der Waals surface area contributed by atoms with Crippen LogP contribution in [0.1, 0.15) is 88.2 Å². The Balaban J connectivity index is 1.36. The average molecular weight is 517 g/mol. The Hall–Kier alpha value is -1.78. The molecule has 204 valence electrons. The van der Waals surface area contributed by atoms with E-state index in [1.807, 2.05) is 0 Å². The molecule has 8 aliphatic rings. The molecule has 8 bridgehead atoms. The number of benzene rings is 2. The smallest absolute Gasteiger partial charge is 0.165 e. The van der Waals surface area contributed by atoms with E-state index in [9.17, 15) is 10.2 Å². The first-order chi connectivity index (χ1) is 18.6. The van der Waals surface area contributed by atoms with E-state index in [0.717, 1.165) is 47.0 Å². The number of aliphatic hydroxyl groups is 2. The summed E-state index contributed by atoms with van der Waals surface area (Å²) >= 11 is 0. The lowest BCUT2D eigenvalue weighted by atomic mass is 9.47. The van der Waals surface area contributed by atoms with Crippen molar-refractivity contribution in [3.05, 3.63) is 35.4 Å². The van der Waals surface area contributed by atoms with Crippen molar-refractivity contribution in [1.82, 2.24) is 0 Å². The van der Waals surface area contributed by atoms with Crippen LogP contribution in [0.3, 0.4) is 0 Å². The van der Waals surface area contributed by atoms with Crippen LogP contribution in [-0.2, 0) is 10.8 Å². The van der Waals surface area contributed by atoms with Crippen LogP contribution < -0.4 is 9.47 Å². The van der Waals surface area contributed by atoms with Gasteiger partial charge in [-0.15, -0.1) is 0 Å². The van der Waals surface area contributed by atoms with Crippen LogP contribution in [0, 0.1) is 35.5 Å². The van der Waals surface area contributed by atoms with E-state index in [-0.39, 0.29) is 31.8 Å². The average Bonchev–Trinajstić information content (AvgIpc) is 2.88. The van der Waals surface area contributed by atoms with Crippen molar-refractivity contribution in [2.75, 3.05) is 26.4 Å². The Morgan fingerprint density at radius 3 is 1.66 bits per heavy atom. The normalized spacial score (nSPS) is 40.3. The van der Waals surface area contributed by atoms with Crippen LogP contribution in [0.5, 0.6) is 11.5 Å². The summed E-state index contributed by atoms with van der Waals surface area (Å²) in [6.45, 7) is 0.516. The van der Waals surface area contributed by atoms with Crippen molar-refractivity contribution >= 4 is 10.8 Å². The summed E-state index contributed by atoms with van der Waals surface area (Å²) in [6.07, 6.45) is 16.4. The summed E-state index contributed by atoms with van der Waals surface area (Å²) in [7, 11) is 0. The van der Waals surface area contributed by atoms with Gasteiger partial charge in [-0.3, -0.25) is 0 Å². The molecule has 0 saturated heterocycles. The monoisotopic (exact) mass is 516 g/mol. The van der Waals surface area contributed by atoms with Crippen LogP contribution in [0.4, 0.5) is 0 Å². The molecule has 8 saturated carbocycles. The SMILES string of the molecule is OCCOc1cc2c(C34CC5CC(CC(C5)C3)C4)cccc2c(C23CC4CC(CC(C4)C2)C3)c1OCCO. The molecule has 0 aromatic heterocycles. The Morgan fingerprint density at radius 2 is 1.13 bits per heavy atom. The van der Waals surface area contributed by atoms with E-state index < -0.39 is 0 Å². The zero-order chi connectivity index (χ0) is 25.5. The molecular formula is C34H44O4. The number of hydrogen-bond donors (Lipinski definition) is 2. The summed E-state index contributed by atoms with van der Waals surface area (Å²) in [6, 6.07) is 9.41. The van der Waals surface area contributed by atoms with E-state index in [1.165, 1.54) is 93.4 Å². The zero-order valence-corrected chi connectivity index (χ0v) is 22.8. The van der Waals surface area contributed by atoms with E-state index >= 15 is 0 Å². The molecule has 0 amide bonds. The fraction of sp³-hybridized carbons (Fsp3) is 0.706. The third-order valence-electron chi connectivity index (χ3n) is 12.0. The van der Waals surface area contributed by atoms with Gasteiger partial charge in [0.25, 0.3) is 0 Å². The van der Waals surface area contributed by atoms with Gasteiger partial charge in [0.1, 0.15) is 13.2 Å². The molecule has 2 aromatic rings.